The largest absolute Gasteiger partial charge is 0.383 e. The fraction of sp³-hybridized carbons (Fsp3) is 1.00. The highest BCUT2D eigenvalue weighted by Gasteiger charge is 2.33. The second kappa shape index (κ2) is 5.99. The molecule has 0 heterocycles. The topological polar surface area (TPSA) is 30.5 Å². The Balaban J connectivity index is 2.15. The first-order valence-corrected chi connectivity index (χ1v) is 6.37. The summed E-state index contributed by atoms with van der Waals surface area (Å²) in [6.07, 6.45) is 3.84. The van der Waals surface area contributed by atoms with Crippen LogP contribution in [0.4, 0.5) is 0 Å². The van der Waals surface area contributed by atoms with Crippen LogP contribution in [-0.2, 0) is 9.47 Å². The number of ether oxygens (including phenoxy) is 2. The Morgan fingerprint density at radius 1 is 1.31 bits per heavy atom. The lowest BCUT2D eigenvalue weighted by Gasteiger charge is -2.41. The van der Waals surface area contributed by atoms with Crippen LogP contribution >= 0.6 is 0 Å². The number of hydrogen-bond acceptors (Lipinski definition) is 3. The summed E-state index contributed by atoms with van der Waals surface area (Å²) in [4.78, 5) is 0. The second-order valence-corrected chi connectivity index (χ2v) is 5.75. The fourth-order valence-corrected chi connectivity index (χ4v) is 2.12. The van der Waals surface area contributed by atoms with E-state index in [4.69, 9.17) is 9.47 Å². The highest BCUT2D eigenvalue weighted by molar-refractivity contribution is 4.89. The summed E-state index contributed by atoms with van der Waals surface area (Å²) in [5, 5.41) is 3.61. The predicted octanol–water partition coefficient (Wildman–Crippen LogP) is 2.35. The standard InChI is InChI=1S/C13H27NO2/c1-6-10(9-15-5)14-11-7-12(8-11)16-13(2,3)4/h10-12,14H,6-9H2,1-5H3. The molecule has 0 aromatic heterocycles. The van der Waals surface area contributed by atoms with E-state index < -0.39 is 0 Å². The molecule has 0 aromatic carbocycles. The zero-order chi connectivity index (χ0) is 12.2. The average molecular weight is 229 g/mol. The minimum Gasteiger partial charge on any atom is -0.383 e. The number of nitrogens with one attached hydrogen (secondary N) is 1. The molecule has 0 radical (unpaired) electrons. The van der Waals surface area contributed by atoms with Gasteiger partial charge in [-0.15, -0.1) is 0 Å². The van der Waals surface area contributed by atoms with Crippen molar-refractivity contribution in [3.05, 3.63) is 0 Å². The van der Waals surface area contributed by atoms with E-state index in [0.29, 0.717) is 18.2 Å². The van der Waals surface area contributed by atoms with Gasteiger partial charge in [0.15, 0.2) is 0 Å². The molecule has 1 fully saturated rings. The quantitative estimate of drug-likeness (QED) is 0.758. The molecule has 96 valence electrons. The van der Waals surface area contributed by atoms with Gasteiger partial charge in [0.25, 0.3) is 0 Å². The molecule has 0 amide bonds. The zero-order valence-electron chi connectivity index (χ0n) is 11.4. The molecule has 1 N–H and O–H groups in total. The lowest BCUT2D eigenvalue weighted by Crippen LogP contribution is -2.51. The number of hydrogen-bond donors (Lipinski definition) is 1. The summed E-state index contributed by atoms with van der Waals surface area (Å²) in [7, 11) is 1.76. The van der Waals surface area contributed by atoms with Crippen molar-refractivity contribution < 1.29 is 9.47 Å². The molecule has 0 spiro atoms. The molecule has 3 heteroatoms. The Kier molecular flexibility index (Phi) is 5.22. The molecule has 0 aliphatic heterocycles. The van der Waals surface area contributed by atoms with Crippen molar-refractivity contribution in [1.29, 1.82) is 0 Å². The third kappa shape index (κ3) is 4.81. The maximum atomic E-state index is 5.91. The van der Waals surface area contributed by atoms with E-state index in [0.717, 1.165) is 25.9 Å². The van der Waals surface area contributed by atoms with Gasteiger partial charge in [0.1, 0.15) is 0 Å². The molecule has 1 atom stereocenters. The minimum atomic E-state index is -0.00762. The Labute approximate surface area is 99.9 Å². The zero-order valence-corrected chi connectivity index (χ0v) is 11.4. The van der Waals surface area contributed by atoms with E-state index in [9.17, 15) is 0 Å². The van der Waals surface area contributed by atoms with Gasteiger partial charge in [-0.05, 0) is 40.0 Å². The Morgan fingerprint density at radius 2 is 1.94 bits per heavy atom. The van der Waals surface area contributed by atoms with Crippen LogP contribution in [-0.4, -0.2) is 37.5 Å². The summed E-state index contributed by atoms with van der Waals surface area (Å²) in [6.45, 7) is 9.35. The molecule has 0 bridgehead atoms. The Hall–Kier alpha value is -0.120. The summed E-state index contributed by atoms with van der Waals surface area (Å²) in [6, 6.07) is 1.11. The van der Waals surface area contributed by atoms with E-state index in [1.807, 2.05) is 0 Å². The first kappa shape index (κ1) is 13.9. The summed E-state index contributed by atoms with van der Waals surface area (Å²) in [5.74, 6) is 0. The average Bonchev–Trinajstić information content (AvgIpc) is 2.11. The van der Waals surface area contributed by atoms with Gasteiger partial charge in [-0.2, -0.15) is 0 Å². The molecular formula is C13H27NO2. The van der Waals surface area contributed by atoms with E-state index in [1.165, 1.54) is 0 Å². The summed E-state index contributed by atoms with van der Waals surface area (Å²) >= 11 is 0. The summed E-state index contributed by atoms with van der Waals surface area (Å²) < 4.78 is 11.1. The molecule has 16 heavy (non-hydrogen) atoms. The van der Waals surface area contributed by atoms with Gasteiger partial charge in [0.05, 0.1) is 18.3 Å². The van der Waals surface area contributed by atoms with Crippen LogP contribution in [0.3, 0.4) is 0 Å². The van der Waals surface area contributed by atoms with Crippen LogP contribution in [0.1, 0.15) is 47.0 Å². The first-order chi connectivity index (χ1) is 7.44. The van der Waals surface area contributed by atoms with Crippen molar-refractivity contribution in [1.82, 2.24) is 5.32 Å². The third-order valence-electron chi connectivity index (χ3n) is 2.95. The molecule has 1 aliphatic rings. The van der Waals surface area contributed by atoms with Gasteiger partial charge in [0, 0.05) is 19.2 Å². The van der Waals surface area contributed by atoms with Gasteiger partial charge in [-0.25, -0.2) is 0 Å². The third-order valence-corrected chi connectivity index (χ3v) is 2.95. The van der Waals surface area contributed by atoms with Crippen molar-refractivity contribution in [2.75, 3.05) is 13.7 Å². The van der Waals surface area contributed by atoms with Gasteiger partial charge >= 0.3 is 0 Å². The van der Waals surface area contributed by atoms with Gasteiger partial charge in [-0.3, -0.25) is 0 Å². The van der Waals surface area contributed by atoms with Crippen molar-refractivity contribution in [3.63, 3.8) is 0 Å². The van der Waals surface area contributed by atoms with Crippen molar-refractivity contribution in [3.8, 4) is 0 Å². The highest BCUT2D eigenvalue weighted by atomic mass is 16.5. The first-order valence-electron chi connectivity index (χ1n) is 6.37. The van der Waals surface area contributed by atoms with E-state index in [1.54, 1.807) is 7.11 Å². The van der Waals surface area contributed by atoms with Gasteiger partial charge in [0.2, 0.25) is 0 Å². The van der Waals surface area contributed by atoms with Crippen LogP contribution in [0.2, 0.25) is 0 Å². The van der Waals surface area contributed by atoms with Crippen molar-refractivity contribution in [2.24, 2.45) is 0 Å². The second-order valence-electron chi connectivity index (χ2n) is 5.75. The van der Waals surface area contributed by atoms with Crippen molar-refractivity contribution in [2.45, 2.75) is 70.7 Å². The minimum absolute atomic E-state index is 0.00762. The molecule has 1 aliphatic carbocycles. The molecule has 3 nitrogen and oxygen atoms in total. The fourth-order valence-electron chi connectivity index (χ4n) is 2.12. The number of methoxy groups -OCH3 is 1. The van der Waals surface area contributed by atoms with E-state index >= 15 is 0 Å². The lowest BCUT2D eigenvalue weighted by molar-refractivity contribution is -0.104. The highest BCUT2D eigenvalue weighted by Crippen LogP contribution is 2.28. The normalized spacial score (nSPS) is 27.6. The Morgan fingerprint density at radius 3 is 2.38 bits per heavy atom. The van der Waals surface area contributed by atoms with Crippen LogP contribution < -0.4 is 5.32 Å². The number of rotatable bonds is 6. The lowest BCUT2D eigenvalue weighted by atomic mass is 9.88. The van der Waals surface area contributed by atoms with Crippen molar-refractivity contribution >= 4 is 0 Å². The van der Waals surface area contributed by atoms with Crippen LogP contribution in [0.15, 0.2) is 0 Å². The smallest absolute Gasteiger partial charge is 0.0615 e. The molecule has 0 saturated heterocycles. The maximum absolute atomic E-state index is 5.91. The van der Waals surface area contributed by atoms with Crippen LogP contribution in [0.25, 0.3) is 0 Å². The van der Waals surface area contributed by atoms with E-state index in [-0.39, 0.29) is 5.60 Å². The maximum Gasteiger partial charge on any atom is 0.0615 e. The Bertz CT molecular complexity index is 195. The van der Waals surface area contributed by atoms with Crippen LogP contribution in [0.5, 0.6) is 0 Å². The van der Waals surface area contributed by atoms with Gasteiger partial charge in [-0.1, -0.05) is 6.92 Å². The molecule has 1 saturated carbocycles. The molecular weight excluding hydrogens is 202 g/mol. The van der Waals surface area contributed by atoms with E-state index in [2.05, 4.69) is 33.0 Å². The summed E-state index contributed by atoms with van der Waals surface area (Å²) in [5.41, 5.74) is -0.00762. The van der Waals surface area contributed by atoms with Gasteiger partial charge < -0.3 is 14.8 Å². The molecule has 0 aromatic rings. The molecule has 1 rings (SSSR count). The SMILES string of the molecule is CCC(COC)NC1CC(OC(C)(C)C)C1. The molecule has 1 unspecified atom stereocenters. The monoisotopic (exact) mass is 229 g/mol. The van der Waals surface area contributed by atoms with Crippen LogP contribution in [0, 0.1) is 0 Å². The predicted molar refractivity (Wildman–Crippen MR) is 66.7 cm³/mol.